The molecule has 1 aromatic rings. The quantitative estimate of drug-likeness (QED) is 0.765. The molecule has 2 aliphatic heterocycles. The Kier molecular flexibility index (Phi) is 4.58. The molecule has 0 spiro atoms. The minimum atomic E-state index is -0.719. The van der Waals surface area contributed by atoms with Crippen molar-refractivity contribution in [1.82, 2.24) is 4.90 Å². The van der Waals surface area contributed by atoms with Gasteiger partial charge in [0.1, 0.15) is 5.82 Å². The van der Waals surface area contributed by atoms with Crippen LogP contribution in [-0.2, 0) is 14.1 Å². The van der Waals surface area contributed by atoms with Crippen LogP contribution in [0.5, 0.6) is 0 Å². The van der Waals surface area contributed by atoms with E-state index in [2.05, 4.69) is 0 Å². The number of amides is 1. The molecule has 1 aromatic carbocycles. The smallest absolute Gasteiger partial charge is 0.399 e. The van der Waals surface area contributed by atoms with Crippen LogP contribution in [0, 0.1) is 5.82 Å². The number of hydrogen-bond acceptors (Lipinski definition) is 4. The molecule has 2 heterocycles. The predicted octanol–water partition coefficient (Wildman–Crippen LogP) is 1.79. The van der Waals surface area contributed by atoms with Crippen LogP contribution >= 0.6 is 0 Å². The fourth-order valence-corrected chi connectivity index (χ4v) is 3.20. The highest BCUT2D eigenvalue weighted by atomic mass is 19.1. The zero-order valence-corrected chi connectivity index (χ0v) is 15.6. The summed E-state index contributed by atoms with van der Waals surface area (Å²) in [6.07, 6.45) is 0. The Morgan fingerprint density at radius 3 is 2.16 bits per heavy atom. The molecule has 0 saturated carbocycles. The number of rotatable bonds is 2. The first kappa shape index (κ1) is 18.2. The first-order valence-corrected chi connectivity index (χ1v) is 8.77. The number of hydrogen-bond donors (Lipinski definition) is 0. The standard InChI is InChI=1S/C18H26BFN2O3/c1-13(23)21-9-11-22(12-10-21)15-8-6-7-14(16(15)20)19-24-17(2,3)18(4,5)25-19/h6-8H,9-12H2,1-5H3. The highest BCUT2D eigenvalue weighted by molar-refractivity contribution is 6.62. The monoisotopic (exact) mass is 348 g/mol. The van der Waals surface area contributed by atoms with E-state index in [1.807, 2.05) is 38.7 Å². The van der Waals surface area contributed by atoms with Gasteiger partial charge in [0.15, 0.2) is 0 Å². The molecule has 136 valence electrons. The van der Waals surface area contributed by atoms with Crippen molar-refractivity contribution < 1.29 is 18.5 Å². The van der Waals surface area contributed by atoms with Crippen LogP contribution in [0.1, 0.15) is 34.6 Å². The van der Waals surface area contributed by atoms with Gasteiger partial charge in [0.2, 0.25) is 5.91 Å². The maximum Gasteiger partial charge on any atom is 0.497 e. The summed E-state index contributed by atoms with van der Waals surface area (Å²) in [4.78, 5) is 15.2. The average molecular weight is 348 g/mol. The van der Waals surface area contributed by atoms with Gasteiger partial charge in [0.05, 0.1) is 16.9 Å². The van der Waals surface area contributed by atoms with Crippen molar-refractivity contribution in [2.45, 2.75) is 45.8 Å². The predicted molar refractivity (Wildman–Crippen MR) is 96.6 cm³/mol. The summed E-state index contributed by atoms with van der Waals surface area (Å²) in [5.41, 5.74) is -0.0546. The molecule has 3 rings (SSSR count). The van der Waals surface area contributed by atoms with Crippen molar-refractivity contribution in [3.05, 3.63) is 24.0 Å². The highest BCUT2D eigenvalue weighted by Gasteiger charge is 2.52. The molecule has 2 saturated heterocycles. The lowest BCUT2D eigenvalue weighted by molar-refractivity contribution is -0.129. The summed E-state index contributed by atoms with van der Waals surface area (Å²) in [5.74, 6) is -0.247. The van der Waals surface area contributed by atoms with Gasteiger partial charge in [-0.3, -0.25) is 4.79 Å². The van der Waals surface area contributed by atoms with E-state index in [0.29, 0.717) is 37.3 Å². The Bertz CT molecular complexity index is 656. The van der Waals surface area contributed by atoms with Crippen LogP contribution in [0.3, 0.4) is 0 Å². The molecule has 0 unspecified atom stereocenters. The second kappa shape index (κ2) is 6.29. The van der Waals surface area contributed by atoms with Crippen LogP contribution in [0.4, 0.5) is 10.1 Å². The van der Waals surface area contributed by atoms with Crippen molar-refractivity contribution in [2.24, 2.45) is 0 Å². The molecule has 1 amide bonds. The molecule has 2 aliphatic rings. The average Bonchev–Trinajstić information content (AvgIpc) is 2.75. The van der Waals surface area contributed by atoms with E-state index in [9.17, 15) is 4.79 Å². The Balaban J connectivity index is 1.81. The fraction of sp³-hybridized carbons (Fsp3) is 0.611. The van der Waals surface area contributed by atoms with Crippen molar-refractivity contribution in [3.63, 3.8) is 0 Å². The minimum absolute atomic E-state index is 0.0612. The van der Waals surface area contributed by atoms with E-state index in [-0.39, 0.29) is 11.7 Å². The van der Waals surface area contributed by atoms with E-state index in [1.165, 1.54) is 0 Å². The molecule has 25 heavy (non-hydrogen) atoms. The summed E-state index contributed by atoms with van der Waals surface area (Å²) in [6.45, 7) is 11.8. The van der Waals surface area contributed by atoms with E-state index < -0.39 is 18.3 Å². The number of anilines is 1. The lowest BCUT2D eigenvalue weighted by Crippen LogP contribution is -2.49. The number of carbonyl (C=O) groups excluding carboxylic acids is 1. The Hall–Kier alpha value is -1.60. The van der Waals surface area contributed by atoms with E-state index in [4.69, 9.17) is 9.31 Å². The van der Waals surface area contributed by atoms with Gasteiger partial charge in [-0.2, -0.15) is 0 Å². The molecule has 0 N–H and O–H groups in total. The maximum atomic E-state index is 15.2. The summed E-state index contributed by atoms with van der Waals surface area (Å²) in [7, 11) is -0.719. The zero-order chi connectivity index (χ0) is 18.4. The second-order valence-electron chi connectivity index (χ2n) is 7.76. The third kappa shape index (κ3) is 3.27. The van der Waals surface area contributed by atoms with Crippen LogP contribution in [-0.4, -0.2) is 55.3 Å². The van der Waals surface area contributed by atoms with Gasteiger partial charge in [-0.25, -0.2) is 4.39 Å². The van der Waals surface area contributed by atoms with Crippen molar-refractivity contribution >= 4 is 24.2 Å². The first-order valence-electron chi connectivity index (χ1n) is 8.77. The number of carbonyl (C=O) groups is 1. The molecule has 5 nitrogen and oxygen atoms in total. The van der Waals surface area contributed by atoms with Gasteiger partial charge in [-0.15, -0.1) is 0 Å². The molecule has 7 heteroatoms. The summed E-state index contributed by atoms with van der Waals surface area (Å²) in [5, 5.41) is 0. The van der Waals surface area contributed by atoms with E-state index >= 15 is 4.39 Å². The molecule has 0 atom stereocenters. The zero-order valence-electron chi connectivity index (χ0n) is 15.6. The molecule has 2 fully saturated rings. The number of halogens is 1. The normalized spacial score (nSPS) is 22.4. The lowest BCUT2D eigenvalue weighted by atomic mass is 9.78. The minimum Gasteiger partial charge on any atom is -0.399 e. The molecular weight excluding hydrogens is 322 g/mol. The summed E-state index contributed by atoms with van der Waals surface area (Å²) >= 11 is 0. The van der Waals surface area contributed by atoms with Gasteiger partial charge >= 0.3 is 7.12 Å². The van der Waals surface area contributed by atoms with Crippen LogP contribution in [0.25, 0.3) is 0 Å². The third-order valence-electron chi connectivity index (χ3n) is 5.58. The molecule has 0 aliphatic carbocycles. The Morgan fingerprint density at radius 1 is 1.08 bits per heavy atom. The van der Waals surface area contributed by atoms with Crippen molar-refractivity contribution in [2.75, 3.05) is 31.1 Å². The van der Waals surface area contributed by atoms with Gasteiger partial charge in [0, 0.05) is 38.6 Å². The third-order valence-corrected chi connectivity index (χ3v) is 5.58. The molecule has 0 aromatic heterocycles. The van der Waals surface area contributed by atoms with Crippen LogP contribution in [0.15, 0.2) is 18.2 Å². The fourth-order valence-electron chi connectivity index (χ4n) is 3.20. The highest BCUT2D eigenvalue weighted by Crippen LogP contribution is 2.37. The number of nitrogens with zero attached hydrogens (tertiary/aromatic N) is 2. The number of benzene rings is 1. The Labute approximate surface area is 149 Å². The lowest BCUT2D eigenvalue weighted by Gasteiger charge is -2.36. The van der Waals surface area contributed by atoms with Gasteiger partial charge < -0.3 is 19.1 Å². The first-order chi connectivity index (χ1) is 11.6. The van der Waals surface area contributed by atoms with Crippen molar-refractivity contribution in [3.8, 4) is 0 Å². The molecule has 0 bridgehead atoms. The topological polar surface area (TPSA) is 42.0 Å². The van der Waals surface area contributed by atoms with E-state index in [0.717, 1.165) is 0 Å². The van der Waals surface area contributed by atoms with Gasteiger partial charge in [-0.05, 0) is 33.8 Å². The largest absolute Gasteiger partial charge is 0.497 e. The SMILES string of the molecule is CC(=O)N1CCN(c2cccc(B3OC(C)(C)C(C)(C)O3)c2F)CC1. The van der Waals surface area contributed by atoms with Gasteiger partial charge in [0.25, 0.3) is 0 Å². The van der Waals surface area contributed by atoms with E-state index in [1.54, 1.807) is 24.0 Å². The molecular formula is C18H26BFN2O3. The molecule has 0 radical (unpaired) electrons. The van der Waals surface area contributed by atoms with Crippen LogP contribution < -0.4 is 10.4 Å². The van der Waals surface area contributed by atoms with Crippen molar-refractivity contribution in [1.29, 1.82) is 0 Å². The maximum absolute atomic E-state index is 15.2. The second-order valence-corrected chi connectivity index (χ2v) is 7.76. The summed E-state index contributed by atoms with van der Waals surface area (Å²) in [6, 6.07) is 5.32. The number of piperazine rings is 1. The van der Waals surface area contributed by atoms with Gasteiger partial charge in [-0.1, -0.05) is 12.1 Å². The van der Waals surface area contributed by atoms with Crippen LogP contribution in [0.2, 0.25) is 0 Å². The Morgan fingerprint density at radius 2 is 1.64 bits per heavy atom. The summed E-state index contributed by atoms with van der Waals surface area (Å²) < 4.78 is 27.2.